The highest BCUT2D eigenvalue weighted by atomic mass is 16.5. The Bertz CT molecular complexity index is 812. The van der Waals surface area contributed by atoms with Crippen molar-refractivity contribution in [3.63, 3.8) is 0 Å². The summed E-state index contributed by atoms with van der Waals surface area (Å²) in [6, 6.07) is 15.5. The van der Waals surface area contributed by atoms with Crippen LogP contribution >= 0.6 is 0 Å². The van der Waals surface area contributed by atoms with E-state index >= 15 is 0 Å². The zero-order valence-electron chi connectivity index (χ0n) is 18.1. The van der Waals surface area contributed by atoms with Gasteiger partial charge in [-0.05, 0) is 71.5 Å². The predicted octanol–water partition coefficient (Wildman–Crippen LogP) is 4.53. The maximum Gasteiger partial charge on any atom is 0.238 e. The van der Waals surface area contributed by atoms with Crippen molar-refractivity contribution in [2.75, 3.05) is 38.0 Å². The number of rotatable bonds is 5. The summed E-state index contributed by atoms with van der Waals surface area (Å²) in [7, 11) is 0. The Kier molecular flexibility index (Phi) is 6.93. The van der Waals surface area contributed by atoms with Crippen molar-refractivity contribution in [3.05, 3.63) is 54.1 Å². The summed E-state index contributed by atoms with van der Waals surface area (Å²) in [4.78, 5) is 17.4. The van der Waals surface area contributed by atoms with Crippen molar-refractivity contribution in [1.29, 1.82) is 0 Å². The highest BCUT2D eigenvalue weighted by Gasteiger charge is 2.24. The van der Waals surface area contributed by atoms with Gasteiger partial charge in [0.2, 0.25) is 5.91 Å². The van der Waals surface area contributed by atoms with E-state index in [1.54, 1.807) is 0 Å². The van der Waals surface area contributed by atoms with Gasteiger partial charge in [0.05, 0.1) is 12.2 Å². The summed E-state index contributed by atoms with van der Waals surface area (Å²) >= 11 is 0. The molecule has 0 aromatic heterocycles. The van der Waals surface area contributed by atoms with Crippen molar-refractivity contribution in [3.8, 4) is 11.5 Å². The molecule has 1 fully saturated rings. The van der Waals surface area contributed by atoms with Gasteiger partial charge in [-0.25, -0.2) is 0 Å². The predicted molar refractivity (Wildman–Crippen MR) is 119 cm³/mol. The number of nitrogens with zero attached hydrogens (tertiary/aromatic N) is 2. The first-order valence-corrected chi connectivity index (χ1v) is 10.4. The summed E-state index contributed by atoms with van der Waals surface area (Å²) in [5.41, 5.74) is 2.05. The average Bonchev–Trinajstić information content (AvgIpc) is 2.91. The van der Waals surface area contributed by atoms with E-state index in [-0.39, 0.29) is 11.4 Å². The van der Waals surface area contributed by atoms with Crippen molar-refractivity contribution < 1.29 is 9.53 Å². The molecule has 156 valence electrons. The molecule has 1 N–H and O–H groups in total. The van der Waals surface area contributed by atoms with E-state index < -0.39 is 0 Å². The quantitative estimate of drug-likeness (QED) is 0.808. The summed E-state index contributed by atoms with van der Waals surface area (Å²) in [5.74, 6) is 1.40. The number of nitrogens with one attached hydrogen (secondary N) is 1. The van der Waals surface area contributed by atoms with E-state index in [1.165, 1.54) is 5.56 Å². The monoisotopic (exact) mass is 395 g/mol. The molecule has 2 aromatic carbocycles. The van der Waals surface area contributed by atoms with Gasteiger partial charge >= 0.3 is 0 Å². The number of para-hydroxylation sites is 2. The first-order valence-electron chi connectivity index (χ1n) is 10.4. The zero-order chi connectivity index (χ0) is 20.9. The van der Waals surface area contributed by atoms with Crippen LogP contribution in [0.15, 0.2) is 48.5 Å². The van der Waals surface area contributed by atoms with Gasteiger partial charge in [-0.1, -0.05) is 29.8 Å². The van der Waals surface area contributed by atoms with E-state index in [4.69, 9.17) is 4.74 Å². The third-order valence-electron chi connectivity index (χ3n) is 5.31. The molecule has 1 aliphatic rings. The molecule has 0 unspecified atom stereocenters. The maximum absolute atomic E-state index is 12.7. The Morgan fingerprint density at radius 2 is 1.72 bits per heavy atom. The normalized spacial score (nSPS) is 16.3. The van der Waals surface area contributed by atoms with E-state index in [9.17, 15) is 4.79 Å². The van der Waals surface area contributed by atoms with E-state index in [0.29, 0.717) is 18.0 Å². The Morgan fingerprint density at radius 1 is 1.00 bits per heavy atom. The van der Waals surface area contributed by atoms with Crippen LogP contribution in [0.5, 0.6) is 11.5 Å². The third-order valence-corrected chi connectivity index (χ3v) is 5.31. The van der Waals surface area contributed by atoms with Gasteiger partial charge in [0.15, 0.2) is 5.75 Å². The van der Waals surface area contributed by atoms with Gasteiger partial charge in [0, 0.05) is 18.6 Å². The number of ether oxygens (including phenoxy) is 1. The molecule has 1 aliphatic heterocycles. The lowest BCUT2D eigenvalue weighted by molar-refractivity contribution is -0.117. The first-order chi connectivity index (χ1) is 13.8. The van der Waals surface area contributed by atoms with Crippen LogP contribution < -0.4 is 10.1 Å². The molecule has 1 heterocycles. The molecule has 0 atom stereocenters. The number of carbonyl (C=O) groups excluding carboxylic acids is 1. The van der Waals surface area contributed by atoms with Gasteiger partial charge in [-0.3, -0.25) is 14.6 Å². The molecule has 2 aromatic rings. The Morgan fingerprint density at radius 3 is 2.45 bits per heavy atom. The number of hydrogen-bond acceptors (Lipinski definition) is 4. The molecule has 0 radical (unpaired) electrons. The fourth-order valence-corrected chi connectivity index (χ4v) is 3.58. The molecule has 5 nitrogen and oxygen atoms in total. The van der Waals surface area contributed by atoms with Gasteiger partial charge in [-0.15, -0.1) is 0 Å². The van der Waals surface area contributed by atoms with Crippen LogP contribution in [-0.2, 0) is 4.79 Å². The molecule has 0 spiro atoms. The number of amides is 1. The molecular formula is C24H33N3O2. The number of aryl methyl sites for hydroxylation is 1. The minimum atomic E-state index is -0.00540. The fraction of sp³-hybridized carbons (Fsp3) is 0.458. The second kappa shape index (κ2) is 9.42. The number of benzene rings is 2. The van der Waals surface area contributed by atoms with Crippen molar-refractivity contribution in [1.82, 2.24) is 9.80 Å². The van der Waals surface area contributed by atoms with Crippen LogP contribution in [-0.4, -0.2) is 54.0 Å². The summed E-state index contributed by atoms with van der Waals surface area (Å²) < 4.78 is 5.99. The molecule has 1 saturated heterocycles. The van der Waals surface area contributed by atoms with E-state index in [1.807, 2.05) is 55.5 Å². The van der Waals surface area contributed by atoms with Gasteiger partial charge < -0.3 is 10.1 Å². The van der Waals surface area contributed by atoms with Crippen LogP contribution in [0.3, 0.4) is 0 Å². The van der Waals surface area contributed by atoms with Gasteiger partial charge in [0.1, 0.15) is 5.75 Å². The second-order valence-electron chi connectivity index (χ2n) is 8.75. The molecular weight excluding hydrogens is 362 g/mol. The van der Waals surface area contributed by atoms with E-state index in [0.717, 1.165) is 38.3 Å². The molecule has 0 saturated carbocycles. The summed E-state index contributed by atoms with van der Waals surface area (Å²) in [6.45, 7) is 13.1. The fourth-order valence-electron chi connectivity index (χ4n) is 3.58. The Balaban J connectivity index is 1.59. The second-order valence-corrected chi connectivity index (χ2v) is 8.75. The molecule has 3 rings (SSSR count). The van der Waals surface area contributed by atoms with Crippen LogP contribution in [0.4, 0.5) is 5.69 Å². The number of hydrogen-bond donors (Lipinski definition) is 1. The van der Waals surface area contributed by atoms with E-state index in [2.05, 4.69) is 35.9 Å². The van der Waals surface area contributed by atoms with Crippen LogP contribution in [0.1, 0.15) is 32.8 Å². The smallest absolute Gasteiger partial charge is 0.238 e. The largest absolute Gasteiger partial charge is 0.455 e. The average molecular weight is 396 g/mol. The molecule has 0 bridgehead atoms. The Hall–Kier alpha value is -2.37. The molecule has 5 heteroatoms. The van der Waals surface area contributed by atoms with Crippen LogP contribution in [0.25, 0.3) is 0 Å². The number of carbonyl (C=O) groups is 1. The minimum absolute atomic E-state index is 0.00540. The highest BCUT2D eigenvalue weighted by Crippen LogP contribution is 2.29. The zero-order valence-corrected chi connectivity index (χ0v) is 18.1. The topological polar surface area (TPSA) is 44.8 Å². The van der Waals surface area contributed by atoms with Crippen molar-refractivity contribution >= 4 is 11.6 Å². The lowest BCUT2D eigenvalue weighted by Gasteiger charge is -2.34. The van der Waals surface area contributed by atoms with Crippen LogP contribution in [0.2, 0.25) is 0 Å². The van der Waals surface area contributed by atoms with Gasteiger partial charge in [0.25, 0.3) is 0 Å². The lowest BCUT2D eigenvalue weighted by Crippen LogP contribution is -2.44. The highest BCUT2D eigenvalue weighted by molar-refractivity contribution is 5.93. The Labute approximate surface area is 174 Å². The minimum Gasteiger partial charge on any atom is -0.455 e. The van der Waals surface area contributed by atoms with Crippen LogP contribution in [0, 0.1) is 6.92 Å². The third kappa shape index (κ3) is 6.31. The summed E-state index contributed by atoms with van der Waals surface area (Å²) in [5, 5.41) is 3.03. The molecule has 29 heavy (non-hydrogen) atoms. The van der Waals surface area contributed by atoms with Gasteiger partial charge in [-0.2, -0.15) is 0 Å². The first kappa shape index (κ1) is 21.3. The maximum atomic E-state index is 12.7. The molecule has 0 aliphatic carbocycles. The summed E-state index contributed by atoms with van der Waals surface area (Å²) in [6.07, 6.45) is 1.08. The van der Waals surface area contributed by atoms with Crippen molar-refractivity contribution in [2.45, 2.75) is 39.7 Å². The lowest BCUT2D eigenvalue weighted by atomic mass is 10.1. The number of anilines is 1. The standard InChI is InChI=1S/C24H33N3O2/c1-19-10-12-20(13-11-19)29-22-9-6-5-8-21(22)25-23(28)18-26-14-7-15-27(17-16-26)24(2,3)4/h5-6,8-13H,7,14-18H2,1-4H3,(H,25,28). The van der Waals surface area contributed by atoms with Crippen molar-refractivity contribution in [2.24, 2.45) is 0 Å². The molecule has 1 amide bonds. The SMILES string of the molecule is Cc1ccc(Oc2ccccc2NC(=O)CN2CCCN(C(C)(C)C)CC2)cc1.